The van der Waals surface area contributed by atoms with Gasteiger partial charge in [-0.3, -0.25) is 4.79 Å². The minimum Gasteiger partial charge on any atom is -0.360 e. The SMILES string of the molecule is CCNc1nnc(C(=O)NCCc2cccs2)s1. The monoisotopic (exact) mass is 282 g/mol. The molecule has 0 unspecified atom stereocenters. The van der Waals surface area contributed by atoms with E-state index in [0.717, 1.165) is 13.0 Å². The van der Waals surface area contributed by atoms with Crippen molar-refractivity contribution in [1.82, 2.24) is 15.5 Å². The van der Waals surface area contributed by atoms with Crippen LogP contribution in [0.15, 0.2) is 17.5 Å². The molecule has 0 spiro atoms. The van der Waals surface area contributed by atoms with E-state index in [4.69, 9.17) is 0 Å². The first kappa shape index (κ1) is 13.0. The molecule has 1 amide bonds. The molecule has 0 saturated carbocycles. The molecule has 0 bridgehead atoms. The number of nitrogens with zero attached hydrogens (tertiary/aromatic N) is 2. The summed E-state index contributed by atoms with van der Waals surface area (Å²) in [5, 5.41) is 16.7. The van der Waals surface area contributed by atoms with E-state index in [0.29, 0.717) is 16.7 Å². The van der Waals surface area contributed by atoms with E-state index in [1.54, 1.807) is 11.3 Å². The van der Waals surface area contributed by atoms with Crippen molar-refractivity contribution in [3.05, 3.63) is 27.4 Å². The predicted molar refractivity (Wildman–Crippen MR) is 74.4 cm³/mol. The zero-order valence-corrected chi connectivity index (χ0v) is 11.6. The number of anilines is 1. The molecule has 5 nitrogen and oxygen atoms in total. The number of aromatic nitrogens is 2. The Hall–Kier alpha value is -1.47. The number of amides is 1. The molecule has 2 aromatic rings. The molecule has 0 atom stereocenters. The number of nitrogens with one attached hydrogen (secondary N) is 2. The van der Waals surface area contributed by atoms with Crippen LogP contribution in [0.5, 0.6) is 0 Å². The van der Waals surface area contributed by atoms with Crippen LogP contribution < -0.4 is 10.6 Å². The summed E-state index contributed by atoms with van der Waals surface area (Å²) in [4.78, 5) is 13.0. The number of hydrogen-bond donors (Lipinski definition) is 2. The molecule has 0 aliphatic rings. The molecular weight excluding hydrogens is 268 g/mol. The highest BCUT2D eigenvalue weighted by Crippen LogP contribution is 2.14. The van der Waals surface area contributed by atoms with E-state index < -0.39 is 0 Å². The molecule has 0 fully saturated rings. The zero-order valence-electron chi connectivity index (χ0n) is 9.97. The Morgan fingerprint density at radius 1 is 1.44 bits per heavy atom. The van der Waals surface area contributed by atoms with Gasteiger partial charge in [0.15, 0.2) is 0 Å². The number of carbonyl (C=O) groups is 1. The Balaban J connectivity index is 1.80. The summed E-state index contributed by atoms with van der Waals surface area (Å²) in [5.41, 5.74) is 0. The van der Waals surface area contributed by atoms with Gasteiger partial charge in [-0.25, -0.2) is 0 Å². The molecular formula is C11H14N4OS2. The van der Waals surface area contributed by atoms with Crippen molar-refractivity contribution < 1.29 is 4.79 Å². The maximum atomic E-state index is 11.8. The molecule has 0 aliphatic heterocycles. The number of carbonyl (C=O) groups excluding carboxylic acids is 1. The lowest BCUT2D eigenvalue weighted by atomic mass is 10.3. The Kier molecular flexibility index (Phi) is 4.66. The van der Waals surface area contributed by atoms with Crippen LogP contribution in [0.2, 0.25) is 0 Å². The third kappa shape index (κ3) is 3.51. The van der Waals surface area contributed by atoms with Gasteiger partial charge in [0.05, 0.1) is 0 Å². The van der Waals surface area contributed by atoms with E-state index in [1.165, 1.54) is 16.2 Å². The van der Waals surface area contributed by atoms with E-state index in [-0.39, 0.29) is 5.91 Å². The van der Waals surface area contributed by atoms with E-state index >= 15 is 0 Å². The van der Waals surface area contributed by atoms with Crippen molar-refractivity contribution in [2.24, 2.45) is 0 Å². The van der Waals surface area contributed by atoms with Crippen LogP contribution in [0.4, 0.5) is 5.13 Å². The standard InChI is InChI=1S/C11H14N4OS2/c1-2-12-11-15-14-10(18-11)9(16)13-6-5-8-4-3-7-17-8/h3-4,7H,2,5-6H2,1H3,(H,12,15)(H,13,16). The van der Waals surface area contributed by atoms with Crippen LogP contribution in [-0.2, 0) is 6.42 Å². The van der Waals surface area contributed by atoms with Gasteiger partial charge < -0.3 is 10.6 Å². The minimum absolute atomic E-state index is 0.159. The van der Waals surface area contributed by atoms with Gasteiger partial charge in [-0.05, 0) is 24.8 Å². The summed E-state index contributed by atoms with van der Waals surface area (Å²) in [6.07, 6.45) is 0.849. The summed E-state index contributed by atoms with van der Waals surface area (Å²) in [7, 11) is 0. The van der Waals surface area contributed by atoms with Crippen LogP contribution in [-0.4, -0.2) is 29.2 Å². The highest BCUT2D eigenvalue weighted by atomic mass is 32.1. The average molecular weight is 282 g/mol. The van der Waals surface area contributed by atoms with Crippen molar-refractivity contribution in [3.63, 3.8) is 0 Å². The molecule has 96 valence electrons. The van der Waals surface area contributed by atoms with Gasteiger partial charge in [-0.15, -0.1) is 21.5 Å². The molecule has 0 radical (unpaired) electrons. The molecule has 2 heterocycles. The molecule has 18 heavy (non-hydrogen) atoms. The highest BCUT2D eigenvalue weighted by Gasteiger charge is 2.11. The second-order valence-electron chi connectivity index (χ2n) is 3.53. The lowest BCUT2D eigenvalue weighted by Gasteiger charge is -2.00. The van der Waals surface area contributed by atoms with Gasteiger partial charge >= 0.3 is 0 Å². The molecule has 7 heteroatoms. The van der Waals surface area contributed by atoms with Crippen molar-refractivity contribution >= 4 is 33.7 Å². The first-order chi connectivity index (χ1) is 8.79. The number of hydrogen-bond acceptors (Lipinski definition) is 6. The Labute approximate surface area is 113 Å². The summed E-state index contributed by atoms with van der Waals surface area (Å²) < 4.78 is 0. The first-order valence-electron chi connectivity index (χ1n) is 5.67. The lowest BCUT2D eigenvalue weighted by Crippen LogP contribution is -2.25. The van der Waals surface area contributed by atoms with Crippen LogP contribution in [0, 0.1) is 0 Å². The predicted octanol–water partition coefficient (Wildman–Crippen LogP) is 2.00. The van der Waals surface area contributed by atoms with Gasteiger partial charge in [0.2, 0.25) is 10.1 Å². The average Bonchev–Trinajstić information content (AvgIpc) is 3.00. The second kappa shape index (κ2) is 6.46. The molecule has 0 saturated heterocycles. The Morgan fingerprint density at radius 3 is 3.06 bits per heavy atom. The van der Waals surface area contributed by atoms with E-state index in [1.807, 2.05) is 18.4 Å². The van der Waals surface area contributed by atoms with Gasteiger partial charge in [-0.1, -0.05) is 17.4 Å². The third-order valence-corrected chi connectivity index (χ3v) is 4.00. The Morgan fingerprint density at radius 2 is 2.33 bits per heavy atom. The summed E-state index contributed by atoms with van der Waals surface area (Å²) in [6, 6.07) is 4.07. The summed E-state index contributed by atoms with van der Waals surface area (Å²) in [6.45, 7) is 3.37. The molecule has 0 aliphatic carbocycles. The lowest BCUT2D eigenvalue weighted by molar-refractivity contribution is 0.0953. The van der Waals surface area contributed by atoms with Gasteiger partial charge in [0, 0.05) is 18.0 Å². The fraction of sp³-hybridized carbons (Fsp3) is 0.364. The van der Waals surface area contributed by atoms with E-state index in [2.05, 4.69) is 26.9 Å². The van der Waals surface area contributed by atoms with Crippen LogP contribution in [0.25, 0.3) is 0 Å². The summed E-state index contributed by atoms with van der Waals surface area (Å²) >= 11 is 2.97. The smallest absolute Gasteiger partial charge is 0.282 e. The number of thiophene rings is 1. The quantitative estimate of drug-likeness (QED) is 0.850. The fourth-order valence-corrected chi connectivity index (χ4v) is 2.80. The molecule has 2 rings (SSSR count). The van der Waals surface area contributed by atoms with Crippen molar-refractivity contribution in [2.75, 3.05) is 18.4 Å². The van der Waals surface area contributed by atoms with Crippen molar-refractivity contribution in [1.29, 1.82) is 0 Å². The first-order valence-corrected chi connectivity index (χ1v) is 7.37. The second-order valence-corrected chi connectivity index (χ2v) is 5.54. The topological polar surface area (TPSA) is 66.9 Å². The minimum atomic E-state index is -0.159. The maximum absolute atomic E-state index is 11.8. The molecule has 2 aromatic heterocycles. The normalized spacial score (nSPS) is 10.3. The van der Waals surface area contributed by atoms with Gasteiger partial charge in [0.1, 0.15) is 0 Å². The highest BCUT2D eigenvalue weighted by molar-refractivity contribution is 7.17. The molecule has 0 aromatic carbocycles. The Bertz CT molecular complexity index is 495. The molecule has 2 N–H and O–H groups in total. The van der Waals surface area contributed by atoms with Gasteiger partial charge in [-0.2, -0.15) is 0 Å². The van der Waals surface area contributed by atoms with Gasteiger partial charge in [0.25, 0.3) is 5.91 Å². The summed E-state index contributed by atoms with van der Waals surface area (Å²) in [5.74, 6) is -0.159. The zero-order chi connectivity index (χ0) is 12.8. The van der Waals surface area contributed by atoms with E-state index in [9.17, 15) is 4.79 Å². The maximum Gasteiger partial charge on any atom is 0.282 e. The van der Waals surface area contributed by atoms with Crippen LogP contribution in [0.3, 0.4) is 0 Å². The largest absolute Gasteiger partial charge is 0.360 e. The number of rotatable bonds is 6. The van der Waals surface area contributed by atoms with Crippen molar-refractivity contribution in [3.8, 4) is 0 Å². The fourth-order valence-electron chi connectivity index (χ4n) is 1.37. The third-order valence-electron chi connectivity index (χ3n) is 2.18. The van der Waals surface area contributed by atoms with Crippen molar-refractivity contribution in [2.45, 2.75) is 13.3 Å². The van der Waals surface area contributed by atoms with Crippen LogP contribution >= 0.6 is 22.7 Å². The van der Waals surface area contributed by atoms with Crippen LogP contribution in [0.1, 0.15) is 21.6 Å².